The zero-order valence-electron chi connectivity index (χ0n) is 23.2. The summed E-state index contributed by atoms with van der Waals surface area (Å²) in [6.45, 7) is 10.9. The van der Waals surface area contributed by atoms with Crippen LogP contribution >= 0.6 is 11.6 Å². The van der Waals surface area contributed by atoms with Crippen LogP contribution in [0.25, 0.3) is 0 Å². The molecule has 9 nitrogen and oxygen atoms in total. The van der Waals surface area contributed by atoms with Crippen molar-refractivity contribution < 1.29 is 37.0 Å². The molecule has 2 atom stereocenters. The molecule has 1 aromatic rings. The monoisotopic (exact) mass is 566 g/mol. The summed E-state index contributed by atoms with van der Waals surface area (Å²) in [4.78, 5) is 47.2. The van der Waals surface area contributed by atoms with Crippen molar-refractivity contribution in [3.05, 3.63) is 22.7 Å². The van der Waals surface area contributed by atoms with Gasteiger partial charge in [0.1, 0.15) is 11.0 Å². The van der Waals surface area contributed by atoms with Crippen molar-refractivity contribution in [2.45, 2.75) is 77.6 Å². The Morgan fingerprint density at radius 1 is 1.16 bits per heavy atom. The second-order valence-electron chi connectivity index (χ2n) is 11.0. The maximum absolute atomic E-state index is 13.3. The molecule has 1 aliphatic rings. The highest BCUT2D eigenvalue weighted by Crippen LogP contribution is 2.28. The Hall–Kier alpha value is -2.47. The Kier molecular flexibility index (Phi) is 12.0. The third-order valence-corrected chi connectivity index (χ3v) is 6.02. The van der Waals surface area contributed by atoms with Crippen molar-refractivity contribution >= 4 is 29.9 Å². The van der Waals surface area contributed by atoms with E-state index in [0.717, 1.165) is 4.90 Å². The third-order valence-electron chi connectivity index (χ3n) is 5.73. The van der Waals surface area contributed by atoms with Crippen molar-refractivity contribution in [2.75, 3.05) is 33.9 Å². The quantitative estimate of drug-likeness (QED) is 0.288. The minimum absolute atomic E-state index is 0.0286. The summed E-state index contributed by atoms with van der Waals surface area (Å²) in [5.74, 6) is -1.82. The average Bonchev–Trinajstić information content (AvgIpc) is 2.81. The van der Waals surface area contributed by atoms with E-state index in [4.69, 9.17) is 21.1 Å². The molecule has 1 unspecified atom stereocenters. The molecule has 2 amide bonds. The number of amides is 2. The van der Waals surface area contributed by atoms with E-state index in [-0.39, 0.29) is 35.8 Å². The highest BCUT2D eigenvalue weighted by Gasteiger charge is 2.39. The molecule has 0 aliphatic carbocycles. The van der Waals surface area contributed by atoms with Crippen LogP contribution in [0.15, 0.2) is 6.20 Å². The van der Waals surface area contributed by atoms with Gasteiger partial charge in [-0.15, -0.1) is 0 Å². The predicted molar refractivity (Wildman–Crippen MR) is 136 cm³/mol. The van der Waals surface area contributed by atoms with Gasteiger partial charge < -0.3 is 19.3 Å². The fourth-order valence-electron chi connectivity index (χ4n) is 3.47. The van der Waals surface area contributed by atoms with Crippen LogP contribution in [0.2, 0.25) is 5.15 Å². The van der Waals surface area contributed by atoms with Gasteiger partial charge in [0, 0.05) is 38.4 Å². The lowest BCUT2D eigenvalue weighted by atomic mass is 9.93. The second-order valence-corrected chi connectivity index (χ2v) is 11.4. The van der Waals surface area contributed by atoms with E-state index in [9.17, 15) is 27.6 Å². The highest BCUT2D eigenvalue weighted by atomic mass is 35.5. The van der Waals surface area contributed by atoms with Crippen LogP contribution in [0.4, 0.5) is 13.2 Å². The van der Waals surface area contributed by atoms with Crippen LogP contribution in [0.3, 0.4) is 0 Å². The summed E-state index contributed by atoms with van der Waals surface area (Å²) in [6, 6.07) is -0.855. The zero-order valence-corrected chi connectivity index (χ0v) is 23.9. The lowest BCUT2D eigenvalue weighted by molar-refractivity contribution is -0.150. The molecule has 2 rings (SSSR count). The lowest BCUT2D eigenvalue weighted by Crippen LogP contribution is -2.54. The molecular weight excluding hydrogens is 529 g/mol. The number of hydrogen-bond donors (Lipinski definition) is 0. The fourth-order valence-corrected chi connectivity index (χ4v) is 3.68. The first-order valence-corrected chi connectivity index (χ1v) is 12.4. The van der Waals surface area contributed by atoms with Crippen LogP contribution in [0.5, 0.6) is 0 Å². The molecule has 216 valence electrons. The number of methoxy groups -OCH3 is 2. The van der Waals surface area contributed by atoms with Gasteiger partial charge >= 0.3 is 12.1 Å². The van der Waals surface area contributed by atoms with Crippen molar-refractivity contribution in [3.8, 4) is 0 Å². The van der Waals surface area contributed by atoms with Crippen molar-refractivity contribution in [1.82, 2.24) is 19.8 Å². The lowest BCUT2D eigenvalue weighted by Gasteiger charge is -2.40. The second kappa shape index (κ2) is 13.5. The Balaban J connectivity index is 0.00000107. The number of rotatable bonds is 6. The van der Waals surface area contributed by atoms with E-state index in [0.29, 0.717) is 12.2 Å². The highest BCUT2D eigenvalue weighted by molar-refractivity contribution is 6.32. The van der Waals surface area contributed by atoms with Crippen molar-refractivity contribution in [1.29, 1.82) is 0 Å². The number of aromatic nitrogens is 2. The molecule has 0 aromatic carbocycles. The summed E-state index contributed by atoms with van der Waals surface area (Å²) in [5.41, 5.74) is -0.567. The van der Waals surface area contributed by atoms with Gasteiger partial charge in [-0.05, 0) is 27.2 Å². The van der Waals surface area contributed by atoms with Crippen LogP contribution in [0, 0.1) is 5.92 Å². The minimum Gasteiger partial charge on any atom is -0.469 e. The first kappa shape index (κ1) is 33.6. The zero-order chi connectivity index (χ0) is 29.5. The van der Waals surface area contributed by atoms with E-state index in [1.165, 1.54) is 18.2 Å². The van der Waals surface area contributed by atoms with E-state index < -0.39 is 48.4 Å². The van der Waals surface area contributed by atoms with E-state index in [1.54, 1.807) is 7.11 Å². The molecular formula is C25H38ClF3N4O5. The smallest absolute Gasteiger partial charge is 0.390 e. The van der Waals surface area contributed by atoms with Gasteiger partial charge in [-0.3, -0.25) is 14.4 Å². The molecule has 0 N–H and O–H groups in total. The van der Waals surface area contributed by atoms with Crippen molar-refractivity contribution in [2.24, 2.45) is 5.92 Å². The standard InChI is InChI=1S/C20H26ClF3N4O4.C5H12O/c1-19(2,3)18-25-8-14(15(21)26-18)16(30)28(6-5-20(22,23)24)13-7-12(17(31)32-4)9-27(10-13)11-29;1-5(2,3)6-4/h8,11-13H,5-7,9-10H2,1-4H3;1-4H3/t12-,13?;/m1./s1. The van der Waals surface area contributed by atoms with E-state index in [2.05, 4.69) is 9.97 Å². The molecule has 1 aliphatic heterocycles. The Labute approximate surface area is 227 Å². The number of piperidine rings is 1. The van der Waals surface area contributed by atoms with Gasteiger partial charge in [0.15, 0.2) is 0 Å². The van der Waals surface area contributed by atoms with E-state index >= 15 is 0 Å². The normalized spacial score (nSPS) is 18.3. The van der Waals surface area contributed by atoms with Gasteiger partial charge in [-0.25, -0.2) is 9.97 Å². The molecule has 0 radical (unpaired) electrons. The predicted octanol–water partition coefficient (Wildman–Crippen LogP) is 4.27. The Morgan fingerprint density at radius 2 is 1.74 bits per heavy atom. The van der Waals surface area contributed by atoms with Crippen LogP contribution < -0.4 is 0 Å². The number of hydrogen-bond acceptors (Lipinski definition) is 7. The van der Waals surface area contributed by atoms with Gasteiger partial charge in [-0.1, -0.05) is 32.4 Å². The summed E-state index contributed by atoms with van der Waals surface area (Å²) in [5, 5.41) is -0.181. The Morgan fingerprint density at radius 3 is 2.16 bits per heavy atom. The number of nitrogens with zero attached hydrogens (tertiary/aromatic N) is 4. The summed E-state index contributed by atoms with van der Waals surface area (Å²) >= 11 is 6.20. The molecule has 0 bridgehead atoms. The summed E-state index contributed by atoms with van der Waals surface area (Å²) in [6.07, 6.45) is -4.06. The third kappa shape index (κ3) is 10.7. The molecule has 1 fully saturated rings. The molecule has 1 aromatic heterocycles. The van der Waals surface area contributed by atoms with Crippen LogP contribution in [-0.2, 0) is 24.5 Å². The average molecular weight is 567 g/mol. The number of esters is 1. The Bertz CT molecular complexity index is 964. The molecule has 2 heterocycles. The SMILES string of the molecule is COC(=O)[C@@H]1CC(N(CCC(F)(F)F)C(=O)c2cnc(C(C)(C)C)nc2Cl)CN(C=O)C1.COC(C)(C)C. The van der Waals surface area contributed by atoms with Gasteiger partial charge in [-0.2, -0.15) is 13.2 Å². The molecule has 0 saturated carbocycles. The fraction of sp³-hybridized carbons (Fsp3) is 0.720. The topological polar surface area (TPSA) is 102 Å². The van der Waals surface area contributed by atoms with Gasteiger partial charge in [0.25, 0.3) is 5.91 Å². The van der Waals surface area contributed by atoms with Crippen LogP contribution in [0.1, 0.15) is 70.6 Å². The molecule has 0 spiro atoms. The number of carbonyl (C=O) groups excluding carboxylic acids is 3. The first-order chi connectivity index (χ1) is 17.3. The minimum atomic E-state index is -4.52. The van der Waals surface area contributed by atoms with Crippen LogP contribution in [-0.4, -0.2) is 89.7 Å². The largest absolute Gasteiger partial charge is 0.469 e. The maximum Gasteiger partial charge on any atom is 0.390 e. The number of ether oxygens (including phenoxy) is 2. The number of alkyl halides is 3. The number of halogens is 4. The van der Waals surface area contributed by atoms with Crippen molar-refractivity contribution in [3.63, 3.8) is 0 Å². The van der Waals surface area contributed by atoms with Gasteiger partial charge in [0.2, 0.25) is 6.41 Å². The molecule has 13 heteroatoms. The van der Waals surface area contributed by atoms with Gasteiger partial charge in [0.05, 0.1) is 36.7 Å². The first-order valence-electron chi connectivity index (χ1n) is 12.1. The summed E-state index contributed by atoms with van der Waals surface area (Å²) < 4.78 is 48.6. The number of carbonyl (C=O) groups is 3. The maximum atomic E-state index is 13.3. The van der Waals surface area contributed by atoms with E-state index in [1.807, 2.05) is 41.5 Å². The summed E-state index contributed by atoms with van der Waals surface area (Å²) in [7, 11) is 2.89. The number of likely N-dealkylation sites (tertiary alicyclic amines) is 1. The molecule has 38 heavy (non-hydrogen) atoms. The molecule has 1 saturated heterocycles.